The fraction of sp³-hybridized carbons (Fsp3) is 1.00. The number of rotatable bonds is 49. The molecular formula is C48H98O8S2. The first kappa shape index (κ1) is 57.7. The van der Waals surface area contributed by atoms with Crippen LogP contribution in [0.25, 0.3) is 0 Å². The van der Waals surface area contributed by atoms with Gasteiger partial charge >= 0.3 is 20.8 Å². The van der Waals surface area contributed by atoms with Crippen LogP contribution in [0.5, 0.6) is 0 Å². The molecule has 0 rings (SSSR count). The smallest absolute Gasteiger partial charge is 0.248 e. The van der Waals surface area contributed by atoms with Crippen LogP contribution < -0.4 is 0 Å². The minimum Gasteiger partial charge on any atom is -0.248 e. The Hall–Kier alpha value is -0.260. The van der Waals surface area contributed by atoms with Crippen molar-refractivity contribution in [1.29, 1.82) is 0 Å². The molecule has 0 aromatic heterocycles. The van der Waals surface area contributed by atoms with E-state index in [1.54, 1.807) is 0 Å². The molecule has 10 heteroatoms. The van der Waals surface area contributed by atoms with Crippen LogP contribution in [0, 0.1) is 0 Å². The quantitative estimate of drug-likeness (QED) is 0.0557. The summed E-state index contributed by atoms with van der Waals surface area (Å²) in [5.41, 5.74) is 0. The van der Waals surface area contributed by atoms with Gasteiger partial charge in [0.05, 0.1) is 25.4 Å². The molecule has 0 aliphatic heterocycles. The molecule has 58 heavy (non-hydrogen) atoms. The van der Waals surface area contributed by atoms with Crippen LogP contribution >= 0.6 is 0 Å². The van der Waals surface area contributed by atoms with Crippen molar-refractivity contribution in [1.82, 2.24) is 0 Å². The van der Waals surface area contributed by atoms with Crippen molar-refractivity contribution in [3.05, 3.63) is 0 Å². The Morgan fingerprint density at radius 1 is 0.276 bits per heavy atom. The summed E-state index contributed by atoms with van der Waals surface area (Å²) < 4.78 is 73.0. The van der Waals surface area contributed by atoms with Gasteiger partial charge in [0.25, 0.3) is 0 Å². The van der Waals surface area contributed by atoms with E-state index in [9.17, 15) is 16.8 Å². The van der Waals surface area contributed by atoms with Gasteiger partial charge in [-0.15, -0.1) is 0 Å². The summed E-state index contributed by atoms with van der Waals surface area (Å²) in [4.78, 5) is 0. The zero-order valence-electron chi connectivity index (χ0n) is 38.9. The zero-order valence-corrected chi connectivity index (χ0v) is 40.6. The highest BCUT2D eigenvalue weighted by Crippen LogP contribution is 2.22. The molecule has 0 aliphatic rings. The van der Waals surface area contributed by atoms with Crippen LogP contribution in [0.3, 0.4) is 0 Å². The van der Waals surface area contributed by atoms with E-state index in [0.717, 1.165) is 128 Å². The normalized spacial score (nSPS) is 13.4. The lowest BCUT2D eigenvalue weighted by molar-refractivity contribution is 0.134. The average Bonchev–Trinajstić information content (AvgIpc) is 3.19. The van der Waals surface area contributed by atoms with Crippen LogP contribution in [0.4, 0.5) is 0 Å². The minimum absolute atomic E-state index is 0.199. The molecule has 0 aliphatic carbocycles. The van der Waals surface area contributed by atoms with Gasteiger partial charge < -0.3 is 0 Å². The van der Waals surface area contributed by atoms with Gasteiger partial charge in [0, 0.05) is 0 Å². The molecule has 2 unspecified atom stereocenters. The number of hydrogen-bond donors (Lipinski definition) is 0. The lowest BCUT2D eigenvalue weighted by Gasteiger charge is -2.18. The highest BCUT2D eigenvalue weighted by molar-refractivity contribution is 7.82. The van der Waals surface area contributed by atoms with E-state index in [1.165, 1.54) is 128 Å². The first-order chi connectivity index (χ1) is 28.2. The van der Waals surface area contributed by atoms with Crippen molar-refractivity contribution in [3.8, 4) is 0 Å². The average molecular weight is 867 g/mol. The maximum atomic E-state index is 12.8. The van der Waals surface area contributed by atoms with Gasteiger partial charge in [0.15, 0.2) is 0 Å². The van der Waals surface area contributed by atoms with E-state index >= 15 is 0 Å². The summed E-state index contributed by atoms with van der Waals surface area (Å²) in [6.45, 7) is 9.30. The molecule has 0 bridgehead atoms. The van der Waals surface area contributed by atoms with Crippen molar-refractivity contribution in [2.24, 2.45) is 0 Å². The van der Waals surface area contributed by atoms with E-state index in [4.69, 9.17) is 16.7 Å². The predicted octanol–water partition coefficient (Wildman–Crippen LogP) is 16.0. The first-order valence-electron chi connectivity index (χ1n) is 25.3. The second kappa shape index (κ2) is 43.4. The summed E-state index contributed by atoms with van der Waals surface area (Å²) in [6, 6.07) is 0. The molecule has 0 aromatic rings. The zero-order chi connectivity index (χ0) is 42.7. The molecule has 0 saturated heterocycles. The lowest BCUT2D eigenvalue weighted by Crippen LogP contribution is -2.21. The highest BCUT2D eigenvalue weighted by atomic mass is 32.3. The molecule has 0 saturated carbocycles. The van der Waals surface area contributed by atoms with Gasteiger partial charge in [-0.1, -0.05) is 246 Å². The van der Waals surface area contributed by atoms with Crippen molar-refractivity contribution in [2.75, 3.05) is 13.2 Å². The number of unbranched alkanes of at least 4 members (excludes halogenated alkanes) is 31. The maximum absolute atomic E-state index is 12.8. The van der Waals surface area contributed by atoms with E-state index in [-0.39, 0.29) is 25.4 Å². The third-order valence-corrected chi connectivity index (χ3v) is 13.4. The molecule has 0 fully saturated rings. The van der Waals surface area contributed by atoms with Gasteiger partial charge in [0.2, 0.25) is 0 Å². The van der Waals surface area contributed by atoms with Crippen molar-refractivity contribution < 1.29 is 33.6 Å². The van der Waals surface area contributed by atoms with Crippen LogP contribution in [0.2, 0.25) is 0 Å². The summed E-state index contributed by atoms with van der Waals surface area (Å²) in [7, 11) is -8.01. The Kier molecular flexibility index (Phi) is 43.2. The third kappa shape index (κ3) is 42.4. The van der Waals surface area contributed by atoms with Gasteiger partial charge in [-0.3, -0.25) is 0 Å². The molecular weight excluding hydrogens is 769 g/mol. The second-order valence-electron chi connectivity index (χ2n) is 17.4. The summed E-state index contributed by atoms with van der Waals surface area (Å²) in [5, 5.41) is 0. The van der Waals surface area contributed by atoms with Crippen molar-refractivity contribution in [2.45, 2.75) is 297 Å². The fourth-order valence-electron chi connectivity index (χ4n) is 7.77. The van der Waals surface area contributed by atoms with Crippen LogP contribution in [-0.4, -0.2) is 42.3 Å². The minimum atomic E-state index is -4.01. The fourth-order valence-corrected chi connectivity index (χ4v) is 9.58. The van der Waals surface area contributed by atoms with Crippen LogP contribution in [0.15, 0.2) is 0 Å². The molecule has 0 aromatic carbocycles. The molecule has 8 nitrogen and oxygen atoms in total. The Morgan fingerprint density at radius 2 is 0.466 bits per heavy atom. The van der Waals surface area contributed by atoms with Gasteiger partial charge in [-0.25, -0.2) is 16.7 Å². The Labute approximate surface area is 362 Å². The molecule has 0 spiro atoms. The monoisotopic (exact) mass is 867 g/mol. The van der Waals surface area contributed by atoms with E-state index < -0.39 is 20.8 Å². The van der Waals surface area contributed by atoms with Crippen molar-refractivity contribution in [3.63, 3.8) is 0 Å². The molecule has 0 radical (unpaired) electrons. The largest absolute Gasteiger partial charge is 0.400 e. The lowest BCUT2D eigenvalue weighted by atomic mass is 10.0. The molecule has 2 atom stereocenters. The summed E-state index contributed by atoms with van der Waals surface area (Å²) >= 11 is 0. The maximum Gasteiger partial charge on any atom is 0.400 e. The van der Waals surface area contributed by atoms with Crippen LogP contribution in [-0.2, 0) is 37.5 Å². The Balaban J connectivity index is 4.71. The second-order valence-corrected chi connectivity index (χ2v) is 19.9. The molecule has 0 heterocycles. The molecule has 0 amide bonds. The first-order valence-corrected chi connectivity index (χ1v) is 28.0. The molecule has 0 N–H and O–H groups in total. The van der Waals surface area contributed by atoms with E-state index in [1.807, 2.05) is 0 Å². The third-order valence-electron chi connectivity index (χ3n) is 11.5. The van der Waals surface area contributed by atoms with Gasteiger partial charge in [0.1, 0.15) is 0 Å². The van der Waals surface area contributed by atoms with Gasteiger partial charge in [-0.2, -0.15) is 16.8 Å². The topological polar surface area (TPSA) is 105 Å². The SMILES string of the molecule is CCCCCCCCCCOS(=O)(=O)OC(CCCCCCCCC)CCCCCCCCC(CCCCCCCCC)OS(=O)(=O)OCCCCCCCCCC. The highest BCUT2D eigenvalue weighted by Gasteiger charge is 2.22. The summed E-state index contributed by atoms with van der Waals surface area (Å²) in [6.07, 6.45) is 43.2. The standard InChI is InChI=1S/C48H98O8S2/c1-5-9-13-17-21-27-33-39-45-53-57(49,50)55-47(41-35-29-23-19-15-11-7-3)43-37-31-25-26-32-38-44-48(42-36-30-24-20-16-12-8-4)56-58(51,52)54-46-40-34-28-22-18-14-10-6-2/h47-48H,5-46H2,1-4H3. The van der Waals surface area contributed by atoms with E-state index in [2.05, 4.69) is 27.7 Å². The Morgan fingerprint density at radius 3 is 0.690 bits per heavy atom. The molecule has 350 valence electrons. The van der Waals surface area contributed by atoms with Crippen LogP contribution in [0.1, 0.15) is 285 Å². The Bertz CT molecular complexity index is 954. The van der Waals surface area contributed by atoms with E-state index in [0.29, 0.717) is 0 Å². The van der Waals surface area contributed by atoms with Crippen molar-refractivity contribution >= 4 is 20.8 Å². The number of hydrogen-bond acceptors (Lipinski definition) is 8. The summed E-state index contributed by atoms with van der Waals surface area (Å²) in [5.74, 6) is 0. The van der Waals surface area contributed by atoms with Gasteiger partial charge in [-0.05, 0) is 38.5 Å². The predicted molar refractivity (Wildman–Crippen MR) is 247 cm³/mol.